The Morgan fingerprint density at radius 1 is 1.28 bits per heavy atom. The molecule has 0 aliphatic rings. The van der Waals surface area contributed by atoms with E-state index in [1.807, 2.05) is 18.2 Å². The van der Waals surface area contributed by atoms with Crippen LogP contribution in [0.4, 0.5) is 0 Å². The highest BCUT2D eigenvalue weighted by Gasteiger charge is 2.16. The summed E-state index contributed by atoms with van der Waals surface area (Å²) in [6.07, 6.45) is 0. The van der Waals surface area contributed by atoms with E-state index >= 15 is 0 Å². The topological polar surface area (TPSA) is 71.9 Å². The van der Waals surface area contributed by atoms with E-state index in [0.29, 0.717) is 28.8 Å². The maximum absolute atomic E-state index is 11.2. The highest BCUT2D eigenvalue weighted by Crippen LogP contribution is 2.35. The van der Waals surface area contributed by atoms with Gasteiger partial charge in [0.1, 0.15) is 16.5 Å². The average molecular weight is 364 g/mol. The Labute approximate surface area is 152 Å². The number of aryl methyl sites for hydroxylation is 1. The van der Waals surface area contributed by atoms with Gasteiger partial charge in [0.25, 0.3) is 0 Å². The van der Waals surface area contributed by atoms with Gasteiger partial charge in [0.15, 0.2) is 11.5 Å². The molecule has 2 rings (SSSR count). The second-order valence-electron chi connectivity index (χ2n) is 5.48. The van der Waals surface area contributed by atoms with Crippen molar-refractivity contribution in [3.8, 4) is 22.1 Å². The van der Waals surface area contributed by atoms with Gasteiger partial charge < -0.3 is 19.5 Å². The number of rotatable bonds is 9. The minimum atomic E-state index is -0.953. The first-order valence-corrected chi connectivity index (χ1v) is 9.06. The maximum atomic E-state index is 11.2. The molecule has 0 spiro atoms. The molecule has 7 heteroatoms. The third-order valence-corrected chi connectivity index (χ3v) is 5.16. The number of methoxy groups -OCH3 is 1. The maximum Gasteiger partial charge on any atom is 0.347 e. The second-order valence-corrected chi connectivity index (χ2v) is 6.48. The molecule has 0 bridgehead atoms. The van der Waals surface area contributed by atoms with Gasteiger partial charge in [-0.2, -0.15) is 0 Å². The zero-order valence-corrected chi connectivity index (χ0v) is 15.9. The molecule has 2 aromatic rings. The fraction of sp³-hybridized carbons (Fsp3) is 0.444. The minimum absolute atomic E-state index is 0.259. The summed E-state index contributed by atoms with van der Waals surface area (Å²) >= 11 is 1.16. The Morgan fingerprint density at radius 3 is 2.56 bits per heavy atom. The van der Waals surface area contributed by atoms with Crippen LogP contribution in [0, 0.1) is 6.92 Å². The van der Waals surface area contributed by atoms with Gasteiger partial charge in [-0.05, 0) is 38.2 Å². The van der Waals surface area contributed by atoms with Gasteiger partial charge in [-0.25, -0.2) is 9.78 Å². The van der Waals surface area contributed by atoms with Crippen LogP contribution in [0.1, 0.15) is 29.2 Å². The van der Waals surface area contributed by atoms with Gasteiger partial charge in [-0.3, -0.25) is 0 Å². The Morgan fingerprint density at radius 2 is 2.00 bits per heavy atom. The van der Waals surface area contributed by atoms with Crippen molar-refractivity contribution in [2.24, 2.45) is 0 Å². The van der Waals surface area contributed by atoms with Gasteiger partial charge in [-0.15, -0.1) is 11.3 Å². The van der Waals surface area contributed by atoms with Gasteiger partial charge in [0, 0.05) is 12.1 Å². The molecule has 0 aliphatic heterocycles. The zero-order chi connectivity index (χ0) is 18.4. The molecule has 1 aromatic carbocycles. The molecule has 0 aliphatic carbocycles. The number of carbonyl (C=O) groups is 1. The number of nitrogens with zero attached hydrogens (tertiary/aromatic N) is 2. The van der Waals surface area contributed by atoms with Crippen molar-refractivity contribution < 1.29 is 19.4 Å². The molecular weight excluding hydrogens is 340 g/mol. The lowest BCUT2D eigenvalue weighted by Gasteiger charge is -2.19. The van der Waals surface area contributed by atoms with Crippen molar-refractivity contribution in [3.63, 3.8) is 0 Å². The summed E-state index contributed by atoms with van der Waals surface area (Å²) in [6.45, 7) is 9.29. The number of benzene rings is 1. The summed E-state index contributed by atoms with van der Waals surface area (Å²) in [5.41, 5.74) is 1.34. The van der Waals surface area contributed by atoms with Crippen LogP contribution in [-0.4, -0.2) is 54.3 Å². The molecule has 25 heavy (non-hydrogen) atoms. The molecule has 0 amide bonds. The van der Waals surface area contributed by atoms with Crippen molar-refractivity contribution >= 4 is 17.3 Å². The van der Waals surface area contributed by atoms with Crippen LogP contribution in [0.25, 0.3) is 10.6 Å². The summed E-state index contributed by atoms with van der Waals surface area (Å²) in [5, 5.41) is 9.86. The van der Waals surface area contributed by atoms with E-state index < -0.39 is 5.97 Å². The van der Waals surface area contributed by atoms with Gasteiger partial charge >= 0.3 is 5.97 Å². The molecule has 1 N–H and O–H groups in total. The Balaban J connectivity index is 2.21. The summed E-state index contributed by atoms with van der Waals surface area (Å²) in [6, 6.07) is 5.53. The lowest BCUT2D eigenvalue weighted by molar-refractivity contribution is 0.0701. The van der Waals surface area contributed by atoms with E-state index in [4.69, 9.17) is 9.47 Å². The van der Waals surface area contributed by atoms with Gasteiger partial charge in [0.05, 0.1) is 12.8 Å². The quantitative estimate of drug-likeness (QED) is 0.734. The molecule has 0 unspecified atom stereocenters. The third-order valence-electron chi connectivity index (χ3n) is 3.96. The fourth-order valence-corrected chi connectivity index (χ4v) is 3.37. The zero-order valence-electron chi connectivity index (χ0n) is 15.0. The normalized spacial score (nSPS) is 10.9. The summed E-state index contributed by atoms with van der Waals surface area (Å²) < 4.78 is 11.3. The molecule has 1 aromatic heterocycles. The highest BCUT2D eigenvalue weighted by molar-refractivity contribution is 7.17. The Bertz CT molecular complexity index is 726. The molecule has 136 valence electrons. The highest BCUT2D eigenvalue weighted by atomic mass is 32.1. The first kappa shape index (κ1) is 19.2. The van der Waals surface area contributed by atoms with Crippen LogP contribution >= 0.6 is 11.3 Å². The lowest BCUT2D eigenvalue weighted by atomic mass is 10.2. The first-order chi connectivity index (χ1) is 12.0. The number of carboxylic acids is 1. The largest absolute Gasteiger partial charge is 0.493 e. The minimum Gasteiger partial charge on any atom is -0.493 e. The Kier molecular flexibility index (Phi) is 6.78. The van der Waals surface area contributed by atoms with Crippen molar-refractivity contribution in [2.75, 3.05) is 33.4 Å². The number of carboxylic acid groups (broad SMARTS) is 1. The van der Waals surface area contributed by atoms with Crippen molar-refractivity contribution in [3.05, 3.63) is 28.8 Å². The van der Waals surface area contributed by atoms with Crippen molar-refractivity contribution in [1.29, 1.82) is 0 Å². The number of aromatic nitrogens is 1. The first-order valence-electron chi connectivity index (χ1n) is 8.24. The van der Waals surface area contributed by atoms with Crippen LogP contribution in [0.2, 0.25) is 0 Å². The number of likely N-dealkylation sites (N-methyl/N-ethyl adjacent to an activating group) is 1. The predicted octanol–water partition coefficient (Wildman–Crippen LogP) is 3.55. The number of thiazole rings is 1. The molecule has 1 heterocycles. The van der Waals surface area contributed by atoms with E-state index in [-0.39, 0.29) is 4.88 Å². The smallest absolute Gasteiger partial charge is 0.347 e. The van der Waals surface area contributed by atoms with Crippen LogP contribution in [0.5, 0.6) is 11.5 Å². The molecule has 0 saturated heterocycles. The number of aromatic carboxylic acids is 1. The average Bonchev–Trinajstić information content (AvgIpc) is 3.00. The standard InChI is InChI=1S/C18H24N2O4S/c1-5-20(6-2)9-10-24-15-11-13(7-8-14(15)23-4)17-19-12(3)16(25-17)18(21)22/h7-8,11H,5-6,9-10H2,1-4H3,(H,21,22). The second kappa shape index (κ2) is 8.82. The SMILES string of the molecule is CCN(CC)CCOc1cc(-c2nc(C)c(C(=O)O)s2)ccc1OC. The van der Waals surface area contributed by atoms with Gasteiger partial charge in [-0.1, -0.05) is 13.8 Å². The molecule has 0 fully saturated rings. The molecule has 0 radical (unpaired) electrons. The summed E-state index contributed by atoms with van der Waals surface area (Å²) in [5.74, 6) is 0.331. The van der Waals surface area contributed by atoms with Crippen LogP contribution in [0.15, 0.2) is 18.2 Å². The molecule has 6 nitrogen and oxygen atoms in total. The number of hydrogen-bond acceptors (Lipinski definition) is 6. The monoisotopic (exact) mass is 364 g/mol. The van der Waals surface area contributed by atoms with Gasteiger partial charge in [0.2, 0.25) is 0 Å². The van der Waals surface area contributed by atoms with Crippen LogP contribution < -0.4 is 9.47 Å². The fourth-order valence-electron chi connectivity index (χ4n) is 2.47. The van der Waals surface area contributed by atoms with Crippen molar-refractivity contribution in [1.82, 2.24) is 9.88 Å². The third kappa shape index (κ3) is 4.70. The molecular formula is C18H24N2O4S. The van der Waals surface area contributed by atoms with E-state index in [1.165, 1.54) is 0 Å². The summed E-state index contributed by atoms with van der Waals surface area (Å²) in [4.78, 5) is 18.1. The van der Waals surface area contributed by atoms with E-state index in [0.717, 1.165) is 36.5 Å². The number of ether oxygens (including phenoxy) is 2. The van der Waals surface area contributed by atoms with Crippen LogP contribution in [-0.2, 0) is 0 Å². The van der Waals surface area contributed by atoms with Crippen LogP contribution in [0.3, 0.4) is 0 Å². The molecule has 0 saturated carbocycles. The van der Waals surface area contributed by atoms with E-state index in [1.54, 1.807) is 14.0 Å². The van der Waals surface area contributed by atoms with E-state index in [2.05, 4.69) is 23.7 Å². The lowest BCUT2D eigenvalue weighted by Crippen LogP contribution is -2.27. The Hall–Kier alpha value is -2.12. The summed E-state index contributed by atoms with van der Waals surface area (Å²) in [7, 11) is 1.60. The predicted molar refractivity (Wildman–Crippen MR) is 99.1 cm³/mol. The van der Waals surface area contributed by atoms with Crippen molar-refractivity contribution in [2.45, 2.75) is 20.8 Å². The molecule has 0 atom stereocenters. The van der Waals surface area contributed by atoms with E-state index in [9.17, 15) is 9.90 Å². The number of hydrogen-bond donors (Lipinski definition) is 1.